The summed E-state index contributed by atoms with van der Waals surface area (Å²) in [5.41, 5.74) is 15.0. The summed E-state index contributed by atoms with van der Waals surface area (Å²) in [6.45, 7) is 2.30. The van der Waals surface area contributed by atoms with Crippen LogP contribution in [0, 0.1) is 5.92 Å². The van der Waals surface area contributed by atoms with Gasteiger partial charge in [-0.15, -0.1) is 11.3 Å². The number of nitrogens with zero attached hydrogens (tertiary/aromatic N) is 2. The summed E-state index contributed by atoms with van der Waals surface area (Å²) in [7, 11) is 0. The number of thiophene rings is 1. The van der Waals surface area contributed by atoms with Crippen LogP contribution >= 0.6 is 11.3 Å². The zero-order chi connectivity index (χ0) is 48.9. The van der Waals surface area contributed by atoms with Gasteiger partial charge in [0.2, 0.25) is 0 Å². The molecular formula is C69H46N2O2S. The van der Waals surface area contributed by atoms with E-state index in [-0.39, 0.29) is 0 Å². The summed E-state index contributed by atoms with van der Waals surface area (Å²) >= 11 is 1.88. The van der Waals surface area contributed by atoms with E-state index in [4.69, 9.17) is 8.83 Å². The van der Waals surface area contributed by atoms with Crippen molar-refractivity contribution in [2.45, 2.75) is 13.3 Å². The number of anilines is 5. The van der Waals surface area contributed by atoms with Crippen LogP contribution in [-0.4, -0.2) is 0 Å². The lowest BCUT2D eigenvalue weighted by Gasteiger charge is -2.30. The topological polar surface area (TPSA) is 32.8 Å². The van der Waals surface area contributed by atoms with Crippen LogP contribution in [0.15, 0.2) is 251 Å². The minimum Gasteiger partial charge on any atom is -0.454 e. The zero-order valence-corrected chi connectivity index (χ0v) is 41.3. The normalized spacial score (nSPS) is 13.6. The van der Waals surface area contributed by atoms with E-state index in [9.17, 15) is 0 Å². The molecule has 11 aromatic carbocycles. The van der Waals surface area contributed by atoms with Crippen LogP contribution in [0.3, 0.4) is 0 Å². The molecule has 0 amide bonds. The Hall–Kier alpha value is -9.16. The summed E-state index contributed by atoms with van der Waals surface area (Å²) in [6, 6.07) is 85.5. The summed E-state index contributed by atoms with van der Waals surface area (Å²) in [5.74, 6) is 1.31. The number of allylic oxidation sites excluding steroid dienone is 1. The molecular weight excluding hydrogens is 921 g/mol. The van der Waals surface area contributed by atoms with Crippen molar-refractivity contribution in [2.75, 3.05) is 9.80 Å². The second-order valence-corrected chi connectivity index (χ2v) is 20.7. The first-order valence-electron chi connectivity index (χ1n) is 25.4. The summed E-state index contributed by atoms with van der Waals surface area (Å²) in [6.07, 6.45) is 3.33. The Balaban J connectivity index is 0.862. The van der Waals surface area contributed by atoms with Gasteiger partial charge in [0.05, 0.1) is 17.1 Å². The van der Waals surface area contributed by atoms with Crippen molar-refractivity contribution in [2.24, 2.45) is 5.92 Å². The van der Waals surface area contributed by atoms with Crippen LogP contribution in [0.1, 0.15) is 18.2 Å². The van der Waals surface area contributed by atoms with Crippen molar-refractivity contribution in [3.8, 4) is 22.3 Å². The highest BCUT2D eigenvalue weighted by atomic mass is 32.1. The third-order valence-electron chi connectivity index (χ3n) is 15.2. The van der Waals surface area contributed by atoms with Gasteiger partial charge in [-0.1, -0.05) is 183 Å². The van der Waals surface area contributed by atoms with E-state index >= 15 is 0 Å². The fraction of sp³-hybridized carbons (Fsp3) is 0.0435. The van der Waals surface area contributed by atoms with E-state index in [0.717, 1.165) is 85.0 Å². The van der Waals surface area contributed by atoms with Crippen molar-refractivity contribution in [3.63, 3.8) is 0 Å². The Kier molecular flexibility index (Phi) is 9.76. The van der Waals surface area contributed by atoms with E-state index in [0.29, 0.717) is 5.92 Å². The van der Waals surface area contributed by atoms with E-state index in [1.54, 1.807) is 0 Å². The van der Waals surface area contributed by atoms with E-state index < -0.39 is 0 Å². The fourth-order valence-electron chi connectivity index (χ4n) is 11.8. The van der Waals surface area contributed by atoms with Crippen molar-refractivity contribution in [3.05, 3.63) is 254 Å². The van der Waals surface area contributed by atoms with Crippen molar-refractivity contribution >= 4 is 120 Å². The SMILES string of the molecule is CC1C=C(N(c2ccccc2)c2ccc(-c3ccc4c(c3)c3ccccc3c3c5ccc(N(c6ccccc6-c6ccccc6)c6cccc7c6oc6ccccc67)cc5sc43)cc2)c2oc3ccccc3c2C1. The molecule has 1 unspecified atom stereocenters. The lowest BCUT2D eigenvalue weighted by molar-refractivity contribution is 0.575. The molecule has 15 rings (SSSR count). The molecule has 0 radical (unpaired) electrons. The Labute approximate surface area is 431 Å². The van der Waals surface area contributed by atoms with Crippen LogP contribution in [0.25, 0.3) is 103 Å². The van der Waals surface area contributed by atoms with Crippen LogP contribution in [0.2, 0.25) is 0 Å². The van der Waals surface area contributed by atoms with Crippen LogP contribution in [0.4, 0.5) is 28.4 Å². The molecule has 1 aliphatic rings. The Morgan fingerprint density at radius 1 is 0.419 bits per heavy atom. The van der Waals surface area contributed by atoms with E-state index in [2.05, 4.69) is 253 Å². The maximum Gasteiger partial charge on any atom is 0.159 e. The van der Waals surface area contributed by atoms with E-state index in [1.165, 1.54) is 63.8 Å². The third-order valence-corrected chi connectivity index (χ3v) is 16.3. The summed E-state index contributed by atoms with van der Waals surface area (Å²) in [4.78, 5) is 4.76. The molecule has 0 fully saturated rings. The van der Waals surface area contributed by atoms with Gasteiger partial charge < -0.3 is 18.6 Å². The zero-order valence-electron chi connectivity index (χ0n) is 40.5. The number of hydrogen-bond donors (Lipinski definition) is 0. The first-order chi connectivity index (χ1) is 36.6. The number of fused-ring (bicyclic) bond motifs is 14. The fourth-order valence-corrected chi connectivity index (χ4v) is 13.1. The molecule has 0 bridgehead atoms. The second-order valence-electron chi connectivity index (χ2n) is 19.6. The highest BCUT2D eigenvalue weighted by Crippen LogP contribution is 2.50. The maximum atomic E-state index is 6.76. The Morgan fingerprint density at radius 3 is 1.86 bits per heavy atom. The molecule has 1 atom stereocenters. The molecule has 350 valence electrons. The van der Waals surface area contributed by atoms with Gasteiger partial charge in [0.1, 0.15) is 11.2 Å². The van der Waals surface area contributed by atoms with Crippen LogP contribution in [0.5, 0.6) is 0 Å². The molecule has 0 saturated carbocycles. The van der Waals surface area contributed by atoms with Crippen LogP contribution < -0.4 is 9.80 Å². The largest absolute Gasteiger partial charge is 0.454 e. The lowest BCUT2D eigenvalue weighted by atomic mass is 9.90. The number of rotatable bonds is 8. The molecule has 1 aliphatic carbocycles. The van der Waals surface area contributed by atoms with Gasteiger partial charge in [0, 0.05) is 69.9 Å². The Bertz CT molecular complexity index is 4540. The predicted molar refractivity (Wildman–Crippen MR) is 313 cm³/mol. The average Bonchev–Trinajstić information content (AvgIpc) is 4.19. The van der Waals surface area contributed by atoms with Gasteiger partial charge >= 0.3 is 0 Å². The standard InChI is InChI=1S/C69H46N2O2S/c1-43-39-59-53-24-12-15-30-64(53)73-68(59)62(40-43)70(47-19-6-3-7-20-47)48-34-31-44(32-35-48)46-33-37-56-58(41-46)51-22-8-9-25-54(51)66-57-38-36-49(42-65(57)74-69(56)66)71(60-27-13-10-21-50(60)45-17-4-2-5-18-45)61-28-16-26-55-52-23-11-14-29-63(52)72-67(55)61/h2-38,40-43H,39H2,1H3. The molecule has 0 spiro atoms. The van der Waals surface area contributed by atoms with Crippen LogP contribution in [-0.2, 0) is 6.42 Å². The maximum absolute atomic E-state index is 6.76. The first-order valence-corrected chi connectivity index (χ1v) is 26.3. The monoisotopic (exact) mass is 966 g/mol. The van der Waals surface area contributed by atoms with Gasteiger partial charge in [-0.2, -0.15) is 0 Å². The van der Waals surface area contributed by atoms with Crippen molar-refractivity contribution in [1.29, 1.82) is 0 Å². The molecule has 14 aromatic rings. The van der Waals surface area contributed by atoms with E-state index in [1.807, 2.05) is 17.4 Å². The van der Waals surface area contributed by atoms with Gasteiger partial charge in [0.15, 0.2) is 11.3 Å². The number of benzene rings is 11. The van der Waals surface area contributed by atoms with Crippen molar-refractivity contribution < 1.29 is 8.83 Å². The van der Waals surface area contributed by atoms with Gasteiger partial charge in [0.25, 0.3) is 0 Å². The molecule has 5 heteroatoms. The molecule has 0 aliphatic heterocycles. The highest BCUT2D eigenvalue weighted by Gasteiger charge is 2.30. The molecule has 74 heavy (non-hydrogen) atoms. The third kappa shape index (κ3) is 6.74. The molecule has 0 saturated heterocycles. The number of hydrogen-bond acceptors (Lipinski definition) is 5. The summed E-state index contributed by atoms with van der Waals surface area (Å²) < 4.78 is 16.0. The van der Waals surface area contributed by atoms with Gasteiger partial charge in [-0.05, 0) is 112 Å². The molecule has 4 nitrogen and oxygen atoms in total. The molecule has 3 aromatic heterocycles. The van der Waals surface area contributed by atoms with Crippen molar-refractivity contribution in [1.82, 2.24) is 0 Å². The highest BCUT2D eigenvalue weighted by molar-refractivity contribution is 7.27. The summed E-state index contributed by atoms with van der Waals surface area (Å²) in [5, 5.41) is 11.0. The number of para-hydroxylation sites is 5. The molecule has 0 N–H and O–H groups in total. The Morgan fingerprint density at radius 2 is 1.04 bits per heavy atom. The van der Waals surface area contributed by atoms with Gasteiger partial charge in [-0.25, -0.2) is 0 Å². The minimum absolute atomic E-state index is 0.354. The quantitative estimate of drug-likeness (QED) is 0.142. The van der Waals surface area contributed by atoms with Gasteiger partial charge in [-0.3, -0.25) is 0 Å². The predicted octanol–water partition coefficient (Wildman–Crippen LogP) is 20.2. The minimum atomic E-state index is 0.354. The molecule has 3 heterocycles. The first kappa shape index (κ1) is 42.5. The second kappa shape index (κ2) is 17.0. The average molecular weight is 967 g/mol. The smallest absolute Gasteiger partial charge is 0.159 e. The lowest BCUT2D eigenvalue weighted by Crippen LogP contribution is -2.20. The number of furan rings is 2.